The molecule has 0 aliphatic rings. The Morgan fingerprint density at radius 3 is 2.00 bits per heavy atom. The normalized spacial score (nSPS) is 10.5. The quantitative estimate of drug-likeness (QED) is 0.651. The summed E-state index contributed by atoms with van der Waals surface area (Å²) in [6.07, 6.45) is 0. The third-order valence-electron chi connectivity index (χ3n) is 2.33. The molecule has 15 heavy (non-hydrogen) atoms. The van der Waals surface area contributed by atoms with Crippen molar-refractivity contribution in [3.05, 3.63) is 51.3 Å². The van der Waals surface area contributed by atoms with Crippen LogP contribution in [0, 0.1) is 0 Å². The van der Waals surface area contributed by atoms with Crippen LogP contribution in [0.5, 0.6) is 0 Å². The minimum absolute atomic E-state index is 0.330. The van der Waals surface area contributed by atoms with Crippen molar-refractivity contribution in [2.24, 2.45) is 14.1 Å². The second-order valence-corrected chi connectivity index (χ2v) is 3.30. The number of hydrogen-bond acceptors (Lipinski definition) is 2. The van der Waals surface area contributed by atoms with Crippen LogP contribution in [0.2, 0.25) is 0 Å². The van der Waals surface area contributed by atoms with Crippen LogP contribution in [0.15, 0.2) is 39.9 Å². The van der Waals surface area contributed by atoms with E-state index < -0.39 is 0 Å². The van der Waals surface area contributed by atoms with Crippen LogP contribution in [-0.4, -0.2) is 13.9 Å². The average Bonchev–Trinajstić information content (AvgIpc) is 2.45. The van der Waals surface area contributed by atoms with Gasteiger partial charge in [-0.2, -0.15) is 4.68 Å². The largest absolute Gasteiger partial charge is 0.351 e. The molecule has 2 rings (SSSR count). The predicted octanol–water partition coefficient (Wildman–Crippen LogP) is -0.125. The first kappa shape index (κ1) is 9.51. The van der Waals surface area contributed by atoms with Gasteiger partial charge in [-0.1, -0.05) is 18.2 Å². The number of aromatic nitrogens is 3. The van der Waals surface area contributed by atoms with Gasteiger partial charge in [0.1, 0.15) is 0 Å². The maximum absolute atomic E-state index is 11.7. The molecule has 0 saturated carbocycles. The van der Waals surface area contributed by atoms with E-state index >= 15 is 0 Å². The lowest BCUT2D eigenvalue weighted by Crippen LogP contribution is -2.25. The summed E-state index contributed by atoms with van der Waals surface area (Å²) in [5.74, 6) is 0. The zero-order valence-electron chi connectivity index (χ0n) is 8.54. The van der Waals surface area contributed by atoms with E-state index in [-0.39, 0.29) is 11.4 Å². The highest BCUT2D eigenvalue weighted by Crippen LogP contribution is 2.01. The number of hydrogen-bond donors (Lipinski definition) is 0. The number of para-hydroxylation sites is 1. The first-order valence-electron chi connectivity index (χ1n) is 4.53. The third kappa shape index (κ3) is 1.32. The van der Waals surface area contributed by atoms with Crippen molar-refractivity contribution in [2.45, 2.75) is 0 Å². The van der Waals surface area contributed by atoms with Crippen LogP contribution in [-0.2, 0) is 14.1 Å². The topological polar surface area (TPSA) is 48.9 Å². The van der Waals surface area contributed by atoms with Gasteiger partial charge in [-0.3, -0.25) is 0 Å². The van der Waals surface area contributed by atoms with Gasteiger partial charge in [-0.25, -0.2) is 18.8 Å². The van der Waals surface area contributed by atoms with Crippen molar-refractivity contribution in [1.29, 1.82) is 0 Å². The van der Waals surface area contributed by atoms with Crippen molar-refractivity contribution >= 4 is 0 Å². The van der Waals surface area contributed by atoms with E-state index in [2.05, 4.69) is 0 Å². The summed E-state index contributed by atoms with van der Waals surface area (Å²) in [6.45, 7) is 0. The Balaban J connectivity index is 2.81. The predicted molar refractivity (Wildman–Crippen MR) is 56.3 cm³/mol. The van der Waals surface area contributed by atoms with Crippen LogP contribution in [0.3, 0.4) is 0 Å². The van der Waals surface area contributed by atoms with Gasteiger partial charge in [-0.05, 0) is 12.1 Å². The minimum Gasteiger partial charge on any atom is -0.246 e. The molecule has 0 unspecified atom stereocenters. The van der Waals surface area contributed by atoms with Crippen LogP contribution in [0.1, 0.15) is 0 Å². The molecule has 0 amide bonds. The van der Waals surface area contributed by atoms with Gasteiger partial charge in [0.05, 0.1) is 5.69 Å². The minimum atomic E-state index is -0.339. The van der Waals surface area contributed by atoms with Crippen molar-refractivity contribution in [2.75, 3.05) is 0 Å². The summed E-state index contributed by atoms with van der Waals surface area (Å²) < 4.78 is 3.70. The highest BCUT2D eigenvalue weighted by molar-refractivity contribution is 5.29. The Morgan fingerprint density at radius 2 is 1.53 bits per heavy atom. The lowest BCUT2D eigenvalue weighted by molar-refractivity contribution is 0.627. The molecule has 5 heteroatoms. The molecule has 0 fully saturated rings. The van der Waals surface area contributed by atoms with Gasteiger partial charge in [-0.15, -0.1) is 0 Å². The fourth-order valence-corrected chi connectivity index (χ4v) is 1.51. The molecule has 0 radical (unpaired) electrons. The van der Waals surface area contributed by atoms with Crippen molar-refractivity contribution in [1.82, 2.24) is 13.9 Å². The first-order valence-corrected chi connectivity index (χ1v) is 4.53. The van der Waals surface area contributed by atoms with Crippen LogP contribution >= 0.6 is 0 Å². The smallest absolute Gasteiger partial charge is 0.246 e. The van der Waals surface area contributed by atoms with E-state index in [1.165, 1.54) is 16.4 Å². The molecular formula is C10H11N3O2. The molecule has 2 aromatic rings. The number of rotatable bonds is 1. The zero-order chi connectivity index (χ0) is 11.0. The van der Waals surface area contributed by atoms with Gasteiger partial charge in [0.15, 0.2) is 0 Å². The summed E-state index contributed by atoms with van der Waals surface area (Å²) in [6, 6.07) is 9.05. The molecule has 1 aromatic heterocycles. The molecule has 0 atom stereocenters. The van der Waals surface area contributed by atoms with Gasteiger partial charge >= 0.3 is 11.4 Å². The zero-order valence-corrected chi connectivity index (χ0v) is 8.54. The van der Waals surface area contributed by atoms with Gasteiger partial charge in [0.25, 0.3) is 0 Å². The third-order valence-corrected chi connectivity index (χ3v) is 2.33. The van der Waals surface area contributed by atoms with Crippen molar-refractivity contribution in [3.8, 4) is 5.69 Å². The maximum atomic E-state index is 11.7. The summed E-state index contributed by atoms with van der Waals surface area (Å²) in [4.78, 5) is 23.2. The Labute approximate surface area is 85.8 Å². The number of benzene rings is 1. The molecule has 1 heterocycles. The van der Waals surface area contributed by atoms with E-state index in [0.717, 1.165) is 4.57 Å². The fourth-order valence-electron chi connectivity index (χ4n) is 1.51. The van der Waals surface area contributed by atoms with E-state index in [4.69, 9.17) is 0 Å². The molecule has 0 aliphatic carbocycles. The lowest BCUT2D eigenvalue weighted by atomic mass is 10.3. The SMILES string of the molecule is Cn1c(=O)n(C)n(-c2ccccc2)c1=O. The maximum Gasteiger partial charge on any atom is 0.351 e. The van der Waals surface area contributed by atoms with E-state index in [1.807, 2.05) is 18.2 Å². The average molecular weight is 205 g/mol. The molecule has 78 valence electrons. The summed E-state index contributed by atoms with van der Waals surface area (Å²) in [7, 11) is 3.03. The van der Waals surface area contributed by atoms with Crippen molar-refractivity contribution in [3.63, 3.8) is 0 Å². The Morgan fingerprint density at radius 1 is 0.933 bits per heavy atom. The first-order chi connectivity index (χ1) is 7.13. The lowest BCUT2D eigenvalue weighted by Gasteiger charge is -2.03. The van der Waals surface area contributed by atoms with E-state index in [9.17, 15) is 9.59 Å². The molecule has 5 nitrogen and oxygen atoms in total. The van der Waals surface area contributed by atoms with Crippen LogP contribution in [0.25, 0.3) is 5.69 Å². The highest BCUT2D eigenvalue weighted by atomic mass is 16.2. The Bertz CT molecular complexity index is 589. The van der Waals surface area contributed by atoms with Crippen LogP contribution < -0.4 is 11.4 Å². The summed E-state index contributed by atoms with van der Waals surface area (Å²) in [5.41, 5.74) is 0.0141. The van der Waals surface area contributed by atoms with Gasteiger partial charge in [0.2, 0.25) is 0 Å². The Kier molecular flexibility index (Phi) is 2.07. The molecule has 1 aromatic carbocycles. The number of nitrogens with zero attached hydrogens (tertiary/aromatic N) is 3. The summed E-state index contributed by atoms with van der Waals surface area (Å²) in [5, 5.41) is 0. The van der Waals surface area contributed by atoms with E-state index in [1.54, 1.807) is 19.2 Å². The fraction of sp³-hybridized carbons (Fsp3) is 0.200. The van der Waals surface area contributed by atoms with Crippen LogP contribution in [0.4, 0.5) is 0 Å². The molecular weight excluding hydrogens is 194 g/mol. The second kappa shape index (κ2) is 3.27. The molecule has 0 bridgehead atoms. The molecule has 0 spiro atoms. The standard InChI is InChI=1S/C10H11N3O2/c1-11-9(14)12(2)13(10(11)15)8-6-4-3-5-7-8/h3-7H,1-2H3. The van der Waals surface area contributed by atoms with Gasteiger partial charge < -0.3 is 0 Å². The monoisotopic (exact) mass is 205 g/mol. The van der Waals surface area contributed by atoms with E-state index in [0.29, 0.717) is 5.69 Å². The molecule has 0 saturated heterocycles. The van der Waals surface area contributed by atoms with Gasteiger partial charge in [0, 0.05) is 14.1 Å². The molecule has 0 aliphatic heterocycles. The second-order valence-electron chi connectivity index (χ2n) is 3.30. The molecule has 0 N–H and O–H groups in total. The highest BCUT2D eigenvalue weighted by Gasteiger charge is 2.10. The summed E-state index contributed by atoms with van der Waals surface area (Å²) >= 11 is 0. The Hall–Kier alpha value is -2.04. The van der Waals surface area contributed by atoms with Crippen molar-refractivity contribution < 1.29 is 0 Å².